The summed E-state index contributed by atoms with van der Waals surface area (Å²) in [7, 11) is -3.71. The zero-order valence-electron chi connectivity index (χ0n) is 15.5. The van der Waals surface area contributed by atoms with Gasteiger partial charge in [0.25, 0.3) is 5.69 Å². The highest BCUT2D eigenvalue weighted by molar-refractivity contribution is 7.89. The summed E-state index contributed by atoms with van der Waals surface area (Å²) in [5, 5.41) is 11.0. The summed E-state index contributed by atoms with van der Waals surface area (Å²) in [6.45, 7) is 2.79. The molecule has 0 radical (unpaired) electrons. The van der Waals surface area contributed by atoms with Gasteiger partial charge in [-0.3, -0.25) is 15.0 Å². The van der Waals surface area contributed by atoms with E-state index in [4.69, 9.17) is 0 Å². The summed E-state index contributed by atoms with van der Waals surface area (Å²) >= 11 is 0. The highest BCUT2D eigenvalue weighted by atomic mass is 32.2. The first-order valence-corrected chi connectivity index (χ1v) is 10.9. The smallest absolute Gasteiger partial charge is 0.270 e. The van der Waals surface area contributed by atoms with Crippen LogP contribution in [0.4, 0.5) is 5.69 Å². The number of nitro groups is 1. The SMILES string of the molecule is O=[N+]([O-])c1cccc(S(=O)(=O)N2CCC(N3CCc4ccccc4C3)CC2)c1. The minimum absolute atomic E-state index is 0.00736. The van der Waals surface area contributed by atoms with E-state index in [2.05, 4.69) is 29.2 Å². The Labute approximate surface area is 164 Å². The Morgan fingerprint density at radius 3 is 2.39 bits per heavy atom. The fraction of sp³-hybridized carbons (Fsp3) is 0.400. The molecule has 0 aromatic heterocycles. The van der Waals surface area contributed by atoms with Crippen LogP contribution in [0, 0.1) is 10.1 Å². The quantitative estimate of drug-likeness (QED) is 0.581. The number of nitrogens with zero attached hydrogens (tertiary/aromatic N) is 3. The first-order chi connectivity index (χ1) is 13.4. The molecule has 0 spiro atoms. The Morgan fingerprint density at radius 1 is 0.964 bits per heavy atom. The van der Waals surface area contributed by atoms with E-state index in [1.54, 1.807) is 0 Å². The van der Waals surface area contributed by atoms with Crippen LogP contribution in [0.1, 0.15) is 24.0 Å². The van der Waals surface area contributed by atoms with E-state index >= 15 is 0 Å². The summed E-state index contributed by atoms with van der Waals surface area (Å²) in [5.41, 5.74) is 2.56. The normalized spacial score (nSPS) is 19.3. The summed E-state index contributed by atoms with van der Waals surface area (Å²) in [4.78, 5) is 12.8. The number of non-ortho nitro benzene ring substituents is 1. The van der Waals surface area contributed by atoms with Gasteiger partial charge in [0, 0.05) is 44.4 Å². The van der Waals surface area contributed by atoms with Gasteiger partial charge in [0.15, 0.2) is 0 Å². The molecule has 0 amide bonds. The number of piperidine rings is 1. The average molecular weight is 401 g/mol. The molecule has 2 aliphatic heterocycles. The number of benzene rings is 2. The van der Waals surface area contributed by atoms with Gasteiger partial charge >= 0.3 is 0 Å². The second-order valence-electron chi connectivity index (χ2n) is 7.38. The van der Waals surface area contributed by atoms with E-state index in [9.17, 15) is 18.5 Å². The highest BCUT2D eigenvalue weighted by Crippen LogP contribution is 2.28. The van der Waals surface area contributed by atoms with Crippen LogP contribution < -0.4 is 0 Å². The molecule has 0 aliphatic carbocycles. The van der Waals surface area contributed by atoms with Gasteiger partial charge in [-0.25, -0.2) is 8.42 Å². The summed E-state index contributed by atoms with van der Waals surface area (Å²) in [6.07, 6.45) is 2.58. The fourth-order valence-electron chi connectivity index (χ4n) is 4.18. The summed E-state index contributed by atoms with van der Waals surface area (Å²) in [6, 6.07) is 14.2. The van der Waals surface area contributed by atoms with Crippen molar-refractivity contribution in [2.24, 2.45) is 0 Å². The van der Waals surface area contributed by atoms with Crippen LogP contribution in [0.5, 0.6) is 0 Å². The van der Waals surface area contributed by atoms with Gasteiger partial charge < -0.3 is 0 Å². The van der Waals surface area contributed by atoms with Crippen LogP contribution in [0.25, 0.3) is 0 Å². The van der Waals surface area contributed by atoms with Crippen molar-refractivity contribution in [1.82, 2.24) is 9.21 Å². The number of rotatable bonds is 4. The molecule has 0 atom stereocenters. The largest absolute Gasteiger partial charge is 0.296 e. The Bertz CT molecular complexity index is 984. The highest BCUT2D eigenvalue weighted by Gasteiger charge is 2.33. The van der Waals surface area contributed by atoms with Crippen molar-refractivity contribution in [3.63, 3.8) is 0 Å². The lowest BCUT2D eigenvalue weighted by atomic mass is 9.96. The molecule has 1 saturated heterocycles. The molecule has 28 heavy (non-hydrogen) atoms. The van der Waals surface area contributed by atoms with E-state index in [-0.39, 0.29) is 10.6 Å². The molecular weight excluding hydrogens is 378 g/mol. The van der Waals surface area contributed by atoms with Crippen molar-refractivity contribution in [3.8, 4) is 0 Å². The van der Waals surface area contributed by atoms with Crippen LogP contribution in [0.2, 0.25) is 0 Å². The molecule has 0 unspecified atom stereocenters. The molecule has 2 aromatic carbocycles. The average Bonchev–Trinajstić information content (AvgIpc) is 2.73. The molecule has 7 nitrogen and oxygen atoms in total. The van der Waals surface area contributed by atoms with Crippen molar-refractivity contribution in [1.29, 1.82) is 0 Å². The van der Waals surface area contributed by atoms with Crippen LogP contribution in [0.15, 0.2) is 53.4 Å². The standard InChI is InChI=1S/C20H23N3O4S/c24-23(25)19-6-3-7-20(14-19)28(26,27)22-12-9-18(10-13-22)21-11-8-16-4-1-2-5-17(16)15-21/h1-7,14,18H,8-13,15H2. The second-order valence-corrected chi connectivity index (χ2v) is 9.32. The Hall–Kier alpha value is -2.29. The third-order valence-corrected chi connectivity index (χ3v) is 7.66. The van der Waals surface area contributed by atoms with Crippen molar-refractivity contribution in [2.45, 2.75) is 36.7 Å². The number of hydrogen-bond acceptors (Lipinski definition) is 5. The molecule has 2 aliphatic rings. The van der Waals surface area contributed by atoms with Gasteiger partial charge in [-0.05, 0) is 36.5 Å². The maximum atomic E-state index is 12.9. The van der Waals surface area contributed by atoms with E-state index in [1.807, 2.05) is 0 Å². The van der Waals surface area contributed by atoms with Crippen LogP contribution in [0.3, 0.4) is 0 Å². The lowest BCUT2D eigenvalue weighted by Gasteiger charge is -2.40. The van der Waals surface area contributed by atoms with Crippen molar-refractivity contribution in [2.75, 3.05) is 19.6 Å². The van der Waals surface area contributed by atoms with E-state index in [0.29, 0.717) is 19.1 Å². The number of nitro benzene ring substituents is 1. The van der Waals surface area contributed by atoms with Gasteiger partial charge in [-0.1, -0.05) is 30.3 Å². The van der Waals surface area contributed by atoms with E-state index in [1.165, 1.54) is 33.6 Å². The Morgan fingerprint density at radius 2 is 1.68 bits per heavy atom. The fourth-order valence-corrected chi connectivity index (χ4v) is 5.69. The van der Waals surface area contributed by atoms with Crippen molar-refractivity contribution in [3.05, 3.63) is 69.8 Å². The second kappa shape index (κ2) is 7.62. The van der Waals surface area contributed by atoms with E-state index < -0.39 is 14.9 Å². The molecular formula is C20H23N3O4S. The van der Waals surface area contributed by atoms with Crippen molar-refractivity contribution >= 4 is 15.7 Å². The van der Waals surface area contributed by atoms with Crippen LogP contribution >= 0.6 is 0 Å². The predicted molar refractivity (Wildman–Crippen MR) is 105 cm³/mol. The molecule has 0 N–H and O–H groups in total. The number of hydrogen-bond donors (Lipinski definition) is 0. The molecule has 148 valence electrons. The number of sulfonamides is 1. The molecule has 1 fully saturated rings. The molecule has 2 aromatic rings. The minimum Gasteiger partial charge on any atom is -0.296 e. The number of fused-ring (bicyclic) bond motifs is 1. The van der Waals surface area contributed by atoms with Gasteiger partial charge in [0.2, 0.25) is 10.0 Å². The van der Waals surface area contributed by atoms with Gasteiger partial charge in [-0.15, -0.1) is 0 Å². The molecule has 0 bridgehead atoms. The summed E-state index contributed by atoms with van der Waals surface area (Å²) in [5.74, 6) is 0. The van der Waals surface area contributed by atoms with Crippen molar-refractivity contribution < 1.29 is 13.3 Å². The molecule has 2 heterocycles. The Balaban J connectivity index is 1.43. The molecule has 0 saturated carbocycles. The third-order valence-electron chi connectivity index (χ3n) is 5.77. The first kappa shape index (κ1) is 19.0. The zero-order valence-corrected chi connectivity index (χ0v) is 16.3. The topological polar surface area (TPSA) is 83.8 Å². The van der Waals surface area contributed by atoms with E-state index in [0.717, 1.165) is 38.4 Å². The molecule has 8 heteroatoms. The van der Waals surface area contributed by atoms with Crippen LogP contribution in [-0.4, -0.2) is 48.2 Å². The zero-order chi connectivity index (χ0) is 19.7. The summed E-state index contributed by atoms with van der Waals surface area (Å²) < 4.78 is 27.3. The predicted octanol–water partition coefficient (Wildman–Crippen LogP) is 2.81. The van der Waals surface area contributed by atoms with Crippen LogP contribution in [-0.2, 0) is 23.0 Å². The maximum absolute atomic E-state index is 12.9. The molecule has 4 rings (SSSR count). The Kier molecular flexibility index (Phi) is 5.18. The third kappa shape index (κ3) is 3.67. The monoisotopic (exact) mass is 401 g/mol. The maximum Gasteiger partial charge on any atom is 0.270 e. The first-order valence-electron chi connectivity index (χ1n) is 9.50. The lowest BCUT2D eigenvalue weighted by Crippen LogP contribution is -2.48. The minimum atomic E-state index is -3.71. The van der Waals surface area contributed by atoms with Gasteiger partial charge in [0.1, 0.15) is 0 Å². The van der Waals surface area contributed by atoms with Gasteiger partial charge in [-0.2, -0.15) is 4.31 Å². The van der Waals surface area contributed by atoms with Gasteiger partial charge in [0.05, 0.1) is 9.82 Å². The lowest BCUT2D eigenvalue weighted by molar-refractivity contribution is -0.385.